The number of carbonyl (C=O) groups is 4. The molecule has 1 aromatic rings. The maximum atomic E-state index is 12.7. The Morgan fingerprint density at radius 1 is 1.30 bits per heavy atom. The molecule has 0 fully saturated rings. The lowest BCUT2D eigenvalue weighted by Crippen LogP contribution is -2.50. The van der Waals surface area contributed by atoms with E-state index in [0.29, 0.717) is 19.3 Å². The molecule has 2 N–H and O–H groups in total. The molecule has 0 radical (unpaired) electrons. The number of aliphatic carboxylic acids is 1. The maximum Gasteiger partial charge on any atom is 0.323 e. The molecule has 144 valence electrons. The minimum absolute atomic E-state index is 0.188. The summed E-state index contributed by atoms with van der Waals surface area (Å²) in [4.78, 5) is 48.9. The van der Waals surface area contributed by atoms with Crippen LogP contribution in [0.2, 0.25) is 0 Å². The topological polar surface area (TPSA) is 104 Å². The Morgan fingerprint density at radius 3 is 2.63 bits per heavy atom. The number of rotatable bonds is 7. The lowest BCUT2D eigenvalue weighted by molar-refractivity contribution is -0.143. The fourth-order valence-electron chi connectivity index (χ4n) is 2.75. The summed E-state index contributed by atoms with van der Waals surface area (Å²) in [6, 6.07) is 8.50. The summed E-state index contributed by atoms with van der Waals surface area (Å²) >= 11 is 0.923. The van der Waals surface area contributed by atoms with Crippen LogP contribution in [0.4, 0.5) is 0 Å². The van der Waals surface area contributed by atoms with Crippen molar-refractivity contribution in [1.29, 1.82) is 0 Å². The number of hydrogen-bond donors (Lipinski definition) is 2. The van der Waals surface area contributed by atoms with Crippen molar-refractivity contribution < 1.29 is 24.3 Å². The highest BCUT2D eigenvalue weighted by molar-refractivity contribution is 8.14. The van der Waals surface area contributed by atoms with Crippen LogP contribution in [0.15, 0.2) is 42.6 Å². The van der Waals surface area contributed by atoms with Crippen molar-refractivity contribution in [2.45, 2.75) is 37.5 Å². The highest BCUT2D eigenvalue weighted by Gasteiger charge is 2.30. The molecule has 8 heteroatoms. The Morgan fingerprint density at radius 2 is 2.00 bits per heavy atom. The Kier molecular flexibility index (Phi) is 7.60. The number of carbonyl (C=O) groups excluding carboxylic acids is 3. The van der Waals surface area contributed by atoms with Gasteiger partial charge < -0.3 is 15.3 Å². The highest BCUT2D eigenvalue weighted by Crippen LogP contribution is 2.19. The van der Waals surface area contributed by atoms with E-state index in [9.17, 15) is 19.2 Å². The molecule has 0 spiro atoms. The first-order valence-electron chi connectivity index (χ1n) is 8.57. The molecule has 7 nitrogen and oxygen atoms in total. The first-order chi connectivity index (χ1) is 12.9. The van der Waals surface area contributed by atoms with Crippen LogP contribution < -0.4 is 5.32 Å². The number of benzene rings is 1. The average Bonchev–Trinajstić information content (AvgIpc) is 2.77. The summed E-state index contributed by atoms with van der Waals surface area (Å²) in [6.45, 7) is 0.933. The fourth-order valence-corrected chi connectivity index (χ4v) is 3.60. The van der Waals surface area contributed by atoms with Gasteiger partial charge in [-0.3, -0.25) is 19.2 Å². The number of allylic oxidation sites excluding steroid dienone is 1. The standard InChI is InChI=1S/C19H22N2O5S/c1-13(22)27-16(11-14-7-3-2-4-8-14)18(25)20-15-9-5-6-10-21(19(15)26)12-17(23)24/h2-4,6-8,10,15-16H,5,9,11-12H2,1H3,(H,20,25)(H,23,24)/t15-,16-/m0/s1. The average molecular weight is 390 g/mol. The molecule has 2 rings (SSSR count). The van der Waals surface area contributed by atoms with Crippen molar-refractivity contribution in [3.05, 3.63) is 48.2 Å². The summed E-state index contributed by atoms with van der Waals surface area (Å²) in [7, 11) is 0. The van der Waals surface area contributed by atoms with Gasteiger partial charge in [0.05, 0.1) is 5.25 Å². The number of carboxylic acids is 1. The van der Waals surface area contributed by atoms with E-state index in [1.807, 2.05) is 30.3 Å². The van der Waals surface area contributed by atoms with E-state index >= 15 is 0 Å². The highest BCUT2D eigenvalue weighted by atomic mass is 32.2. The van der Waals surface area contributed by atoms with Crippen LogP contribution in [0, 0.1) is 0 Å². The van der Waals surface area contributed by atoms with Crippen LogP contribution in [0.25, 0.3) is 0 Å². The zero-order valence-electron chi connectivity index (χ0n) is 15.0. The third kappa shape index (κ3) is 6.56. The quantitative estimate of drug-likeness (QED) is 0.733. The Bertz CT molecular complexity index is 735. The SMILES string of the molecule is CC(=O)S[C@@H](Cc1ccccc1)C(=O)N[C@H]1CCC=CN(CC(=O)O)C1=O. The number of nitrogens with one attached hydrogen (secondary N) is 1. The van der Waals surface area contributed by atoms with E-state index in [0.717, 1.165) is 22.2 Å². The number of carboxylic acid groups (broad SMARTS) is 1. The van der Waals surface area contributed by atoms with Crippen LogP contribution in [0.3, 0.4) is 0 Å². The van der Waals surface area contributed by atoms with E-state index in [1.54, 1.807) is 6.08 Å². The zero-order valence-corrected chi connectivity index (χ0v) is 15.8. The predicted octanol–water partition coefficient (Wildman–Crippen LogP) is 1.58. The van der Waals surface area contributed by atoms with Crippen molar-refractivity contribution in [2.24, 2.45) is 0 Å². The molecular formula is C19H22N2O5S. The van der Waals surface area contributed by atoms with E-state index in [2.05, 4.69) is 5.32 Å². The van der Waals surface area contributed by atoms with Gasteiger partial charge in [0.25, 0.3) is 0 Å². The fraction of sp³-hybridized carbons (Fsp3) is 0.368. The summed E-state index contributed by atoms with van der Waals surface area (Å²) in [5.74, 6) is -2.01. The van der Waals surface area contributed by atoms with Crippen LogP contribution in [-0.4, -0.2) is 50.7 Å². The summed E-state index contributed by atoms with van der Waals surface area (Å²) in [6.07, 6.45) is 4.41. The maximum absolute atomic E-state index is 12.7. The van der Waals surface area contributed by atoms with Gasteiger partial charge >= 0.3 is 5.97 Å². The second-order valence-corrected chi connectivity index (χ2v) is 7.55. The largest absolute Gasteiger partial charge is 0.480 e. The van der Waals surface area contributed by atoms with E-state index < -0.39 is 35.6 Å². The summed E-state index contributed by atoms with van der Waals surface area (Å²) < 4.78 is 0. The predicted molar refractivity (Wildman–Crippen MR) is 102 cm³/mol. The van der Waals surface area contributed by atoms with Gasteiger partial charge in [0.15, 0.2) is 5.12 Å². The molecule has 0 saturated heterocycles. The summed E-state index contributed by atoms with van der Waals surface area (Å²) in [5.41, 5.74) is 0.910. The minimum atomic E-state index is -1.13. The van der Waals surface area contributed by atoms with Gasteiger partial charge in [-0.25, -0.2) is 0 Å². The number of hydrogen-bond acceptors (Lipinski definition) is 5. The van der Waals surface area contributed by atoms with E-state index in [4.69, 9.17) is 5.11 Å². The van der Waals surface area contributed by atoms with Crippen molar-refractivity contribution in [1.82, 2.24) is 10.2 Å². The van der Waals surface area contributed by atoms with Crippen molar-refractivity contribution in [3.63, 3.8) is 0 Å². The van der Waals surface area contributed by atoms with Gasteiger partial charge in [-0.2, -0.15) is 0 Å². The normalized spacial score (nSPS) is 17.9. The summed E-state index contributed by atoms with van der Waals surface area (Å²) in [5, 5.41) is 10.8. The molecule has 0 aromatic heterocycles. The Hall–Kier alpha value is -2.61. The zero-order chi connectivity index (χ0) is 19.8. The smallest absolute Gasteiger partial charge is 0.323 e. The first-order valence-corrected chi connectivity index (χ1v) is 9.45. The lowest BCUT2D eigenvalue weighted by atomic mass is 10.1. The van der Waals surface area contributed by atoms with Gasteiger partial charge in [-0.1, -0.05) is 48.2 Å². The van der Waals surface area contributed by atoms with Gasteiger partial charge in [0, 0.05) is 13.1 Å². The number of nitrogens with zero attached hydrogens (tertiary/aromatic N) is 1. The van der Waals surface area contributed by atoms with Crippen LogP contribution in [0.5, 0.6) is 0 Å². The van der Waals surface area contributed by atoms with Crippen molar-refractivity contribution in [3.8, 4) is 0 Å². The molecule has 1 aliphatic rings. The molecule has 0 bridgehead atoms. The molecule has 0 saturated carbocycles. The van der Waals surface area contributed by atoms with Crippen molar-refractivity contribution in [2.75, 3.05) is 6.54 Å². The number of amides is 2. The third-order valence-electron chi connectivity index (χ3n) is 3.98. The van der Waals surface area contributed by atoms with Crippen molar-refractivity contribution >= 4 is 34.7 Å². The van der Waals surface area contributed by atoms with Gasteiger partial charge in [-0.15, -0.1) is 0 Å². The Labute approximate surface area is 161 Å². The molecule has 2 amide bonds. The van der Waals surface area contributed by atoms with Gasteiger partial charge in [-0.05, 0) is 24.8 Å². The number of thioether (sulfide) groups is 1. The minimum Gasteiger partial charge on any atom is -0.480 e. The molecule has 0 aliphatic carbocycles. The molecule has 1 aliphatic heterocycles. The van der Waals surface area contributed by atoms with Crippen LogP contribution in [0.1, 0.15) is 25.3 Å². The van der Waals surface area contributed by atoms with E-state index in [1.165, 1.54) is 13.1 Å². The lowest BCUT2D eigenvalue weighted by Gasteiger charge is -2.24. The van der Waals surface area contributed by atoms with Crippen LogP contribution in [-0.2, 0) is 25.6 Å². The molecule has 2 atom stereocenters. The third-order valence-corrected chi connectivity index (χ3v) is 4.97. The van der Waals surface area contributed by atoms with Gasteiger partial charge in [0.2, 0.25) is 11.8 Å². The second kappa shape index (κ2) is 9.91. The molecular weight excluding hydrogens is 368 g/mol. The van der Waals surface area contributed by atoms with Gasteiger partial charge in [0.1, 0.15) is 12.6 Å². The Balaban J connectivity index is 2.09. The van der Waals surface area contributed by atoms with Crippen LogP contribution >= 0.6 is 11.8 Å². The second-order valence-electron chi connectivity index (χ2n) is 6.17. The molecule has 0 unspecified atom stereocenters. The monoisotopic (exact) mass is 390 g/mol. The first kappa shape index (κ1) is 20.7. The van der Waals surface area contributed by atoms with E-state index in [-0.39, 0.29) is 5.12 Å². The molecule has 1 heterocycles. The molecule has 27 heavy (non-hydrogen) atoms. The molecule has 1 aromatic carbocycles.